The number of thiazole rings is 1. The number of thiophene rings is 1. The van der Waals surface area contributed by atoms with Crippen molar-refractivity contribution in [3.8, 4) is 15.4 Å². The Morgan fingerprint density at radius 1 is 0.903 bits per heavy atom. The molecule has 4 aliphatic rings. The Kier molecular flexibility index (Phi) is 15.2. The van der Waals surface area contributed by atoms with Crippen LogP contribution in [0.2, 0.25) is 5.02 Å². The number of aliphatic imine (C=N–C) groups is 1. The van der Waals surface area contributed by atoms with Crippen LogP contribution < -0.4 is 16.0 Å². The van der Waals surface area contributed by atoms with Gasteiger partial charge in [-0.1, -0.05) is 68.8 Å². The first kappa shape index (κ1) is 51.5. The van der Waals surface area contributed by atoms with E-state index in [9.17, 15) is 24.3 Å². The molecule has 19 heteroatoms. The fourth-order valence-electron chi connectivity index (χ4n) is 10.3. The molecule has 1 saturated carbocycles. The van der Waals surface area contributed by atoms with Gasteiger partial charge in [0.1, 0.15) is 29.0 Å². The summed E-state index contributed by atoms with van der Waals surface area (Å²) in [4.78, 5) is 70.8. The van der Waals surface area contributed by atoms with Crippen molar-refractivity contribution in [2.24, 2.45) is 10.4 Å². The lowest BCUT2D eigenvalue weighted by molar-refractivity contribution is -0.144. The lowest BCUT2D eigenvalue weighted by Gasteiger charge is -2.40. The standard InChI is InChI=1S/C53H65ClN10O6S2/c1-28-31(4)72-52-45(28)46(34-13-15-36(54)16-14-34)58-41(49-61-60-32(5)64(49)52)24-43(66)57-37-21-40(22-37)70-39-17-19-62(20-18-39)26-44(67)59-48(53(6,7)8)51(69)63-25-38(65)23-42(63)50(68)56-29(2)33-9-11-35(12-10-33)47-30(3)55-27-71-47/h9-16,27,29,37-42,48,65H,17-26H2,1-8H3,(H,56,68)(H,57,66)(H,59,67)/t29-,37?,38+,40?,41-,42-,48+/m0/s1. The average molecular weight is 1040 g/mol. The van der Waals surface area contributed by atoms with Gasteiger partial charge in [-0.05, 0) is 94.5 Å². The van der Waals surface area contributed by atoms with E-state index in [4.69, 9.17) is 21.3 Å². The van der Waals surface area contributed by atoms with E-state index in [0.717, 1.165) is 67.8 Å². The normalized spacial score (nSPS) is 22.2. The summed E-state index contributed by atoms with van der Waals surface area (Å²) >= 11 is 9.53. The van der Waals surface area contributed by atoms with Crippen molar-refractivity contribution >= 4 is 63.6 Å². The molecule has 0 unspecified atom stereocenters. The second-order valence-electron chi connectivity index (χ2n) is 21.0. The van der Waals surface area contributed by atoms with Crippen LogP contribution in [-0.4, -0.2) is 127 Å². The van der Waals surface area contributed by atoms with Gasteiger partial charge in [-0.25, -0.2) is 4.98 Å². The van der Waals surface area contributed by atoms with Gasteiger partial charge in [0.2, 0.25) is 23.6 Å². The molecule has 3 aliphatic heterocycles. The highest BCUT2D eigenvalue weighted by molar-refractivity contribution is 7.15. The predicted molar refractivity (Wildman–Crippen MR) is 280 cm³/mol. The summed E-state index contributed by atoms with van der Waals surface area (Å²) in [5.74, 6) is 0.248. The Morgan fingerprint density at radius 2 is 1.60 bits per heavy atom. The molecule has 0 bridgehead atoms. The topological polar surface area (TPSA) is 196 Å². The number of rotatable bonds is 14. The first-order valence-corrected chi connectivity index (χ1v) is 27.0. The zero-order valence-corrected chi connectivity index (χ0v) is 44.6. The number of nitrogens with one attached hydrogen (secondary N) is 3. The number of aromatic nitrogens is 4. The molecule has 4 amide bonds. The van der Waals surface area contributed by atoms with Crippen LogP contribution >= 0.6 is 34.3 Å². The molecular formula is C53H65ClN10O6S2. The van der Waals surface area contributed by atoms with Crippen LogP contribution in [0.5, 0.6) is 0 Å². The van der Waals surface area contributed by atoms with Crippen LogP contribution in [0.4, 0.5) is 0 Å². The van der Waals surface area contributed by atoms with Crippen LogP contribution in [-0.2, 0) is 23.9 Å². The van der Waals surface area contributed by atoms with Crippen LogP contribution in [0.3, 0.4) is 0 Å². The number of nitrogens with zero attached hydrogens (tertiary/aromatic N) is 7. The van der Waals surface area contributed by atoms with Crippen LogP contribution in [0.15, 0.2) is 59.0 Å². The van der Waals surface area contributed by atoms with Crippen LogP contribution in [0.25, 0.3) is 15.4 Å². The van der Waals surface area contributed by atoms with Gasteiger partial charge in [-0.15, -0.1) is 32.9 Å². The van der Waals surface area contributed by atoms with E-state index in [2.05, 4.69) is 49.9 Å². The fourth-order valence-corrected chi connectivity index (χ4v) is 12.4. The van der Waals surface area contributed by atoms with Crippen molar-refractivity contribution in [2.75, 3.05) is 26.2 Å². The Morgan fingerprint density at radius 3 is 2.26 bits per heavy atom. The van der Waals surface area contributed by atoms with E-state index in [1.807, 2.05) is 100 Å². The van der Waals surface area contributed by atoms with Crippen LogP contribution in [0, 0.1) is 33.1 Å². The van der Waals surface area contributed by atoms with Crippen molar-refractivity contribution < 1.29 is 29.0 Å². The monoisotopic (exact) mass is 1040 g/mol. The number of carbonyl (C=O) groups excluding carboxylic acids is 4. The molecular weight excluding hydrogens is 972 g/mol. The lowest BCUT2D eigenvalue weighted by Crippen LogP contribution is -2.59. The highest BCUT2D eigenvalue weighted by Gasteiger charge is 2.45. The molecule has 0 spiro atoms. The maximum atomic E-state index is 14.3. The van der Waals surface area contributed by atoms with Gasteiger partial charge in [-0.3, -0.25) is 33.6 Å². The van der Waals surface area contributed by atoms with Crippen molar-refractivity contribution in [3.05, 3.63) is 104 Å². The minimum Gasteiger partial charge on any atom is -0.391 e. The number of hydrogen-bond donors (Lipinski definition) is 4. The number of piperidine rings is 1. The highest BCUT2D eigenvalue weighted by Crippen LogP contribution is 2.40. The summed E-state index contributed by atoms with van der Waals surface area (Å²) in [5, 5.41) is 30.6. The molecule has 382 valence electrons. The molecule has 9 rings (SSSR count). The molecule has 16 nitrogen and oxygen atoms in total. The first-order valence-electron chi connectivity index (χ1n) is 24.9. The number of likely N-dealkylation sites (tertiary alicyclic amines) is 2. The Bertz CT molecular complexity index is 2840. The summed E-state index contributed by atoms with van der Waals surface area (Å²) in [6.45, 7) is 17.1. The van der Waals surface area contributed by atoms with Crippen molar-refractivity contribution in [1.29, 1.82) is 0 Å². The smallest absolute Gasteiger partial charge is 0.246 e. The number of carbonyl (C=O) groups is 4. The number of amides is 4. The number of benzene rings is 2. The van der Waals surface area contributed by atoms with E-state index < -0.39 is 35.6 Å². The molecule has 5 atom stereocenters. The summed E-state index contributed by atoms with van der Waals surface area (Å²) in [6.07, 6.45) is 2.34. The largest absolute Gasteiger partial charge is 0.391 e. The molecule has 2 aromatic carbocycles. The number of aryl methyl sites for hydroxylation is 3. The van der Waals surface area contributed by atoms with Gasteiger partial charge in [0.15, 0.2) is 5.82 Å². The molecule has 0 radical (unpaired) electrons. The lowest BCUT2D eigenvalue weighted by atomic mass is 9.85. The maximum Gasteiger partial charge on any atom is 0.246 e. The maximum absolute atomic E-state index is 14.3. The molecule has 5 aromatic rings. The third-order valence-corrected chi connectivity index (χ3v) is 17.0. The molecule has 1 aliphatic carbocycles. The number of ether oxygens (including phenoxy) is 1. The van der Waals surface area contributed by atoms with Crippen LogP contribution in [0.1, 0.15) is 123 Å². The van der Waals surface area contributed by atoms with Gasteiger partial charge < -0.3 is 30.7 Å². The first-order chi connectivity index (χ1) is 34.3. The van der Waals surface area contributed by atoms with E-state index >= 15 is 0 Å². The Balaban J connectivity index is 0.736. The minimum absolute atomic E-state index is 0.00137. The number of β-amino-alcohol motifs (C(OH)–C–C–N with tert-alkyl or cyclic N) is 1. The third kappa shape index (κ3) is 11.1. The molecule has 72 heavy (non-hydrogen) atoms. The summed E-state index contributed by atoms with van der Waals surface area (Å²) in [6, 6.07) is 12.9. The molecule has 6 heterocycles. The van der Waals surface area contributed by atoms with E-state index in [0.29, 0.717) is 36.8 Å². The van der Waals surface area contributed by atoms with Gasteiger partial charge in [0.25, 0.3) is 0 Å². The quantitative estimate of drug-likeness (QED) is 0.0890. The second-order valence-corrected chi connectivity index (χ2v) is 23.5. The summed E-state index contributed by atoms with van der Waals surface area (Å²) in [5.41, 5.74) is 7.96. The number of hydrogen-bond acceptors (Lipinski definition) is 13. The van der Waals surface area contributed by atoms with Crippen molar-refractivity contribution in [2.45, 2.75) is 142 Å². The number of halogens is 1. The van der Waals surface area contributed by atoms with Gasteiger partial charge >= 0.3 is 0 Å². The minimum atomic E-state index is -0.919. The molecule has 4 N–H and O–H groups in total. The second kappa shape index (κ2) is 21.2. The van der Waals surface area contributed by atoms with Crippen molar-refractivity contribution in [1.82, 2.24) is 45.5 Å². The molecule has 2 saturated heterocycles. The van der Waals surface area contributed by atoms with E-state index in [1.54, 1.807) is 22.7 Å². The fraction of sp³-hybridized carbons (Fsp3) is 0.509. The van der Waals surface area contributed by atoms with Gasteiger partial charge in [-0.2, -0.15) is 0 Å². The zero-order valence-electron chi connectivity index (χ0n) is 42.2. The van der Waals surface area contributed by atoms with Crippen molar-refractivity contribution in [3.63, 3.8) is 0 Å². The van der Waals surface area contributed by atoms with Gasteiger partial charge in [0.05, 0.1) is 59.1 Å². The number of aliphatic hydroxyl groups is 1. The van der Waals surface area contributed by atoms with E-state index in [1.165, 1.54) is 9.78 Å². The Labute approximate surface area is 434 Å². The number of fused-ring (bicyclic) bond motifs is 3. The SMILES string of the molecule is Cc1ncsc1-c1ccc([C@H](C)NC(=O)[C@@H]2C[C@@H](O)CN2C(=O)[C@@H](NC(=O)CN2CCC(OC3CC(NC(=O)C[C@@H]4N=C(c5ccc(Cl)cc5)c5c(sc(C)c5C)-n5c(C)nnc54)C3)CC2)C(C)(C)C)cc1. The summed E-state index contributed by atoms with van der Waals surface area (Å²) < 4.78 is 8.55. The molecule has 3 fully saturated rings. The molecule has 3 aromatic heterocycles. The number of aliphatic hydroxyl groups excluding tert-OH is 1. The average Bonchev–Trinajstić information content (AvgIpc) is 4.10. The van der Waals surface area contributed by atoms with Gasteiger partial charge in [0, 0.05) is 53.1 Å². The third-order valence-electron chi connectivity index (χ3n) is 14.5. The van der Waals surface area contributed by atoms with E-state index in [-0.39, 0.29) is 67.9 Å². The summed E-state index contributed by atoms with van der Waals surface area (Å²) in [7, 11) is 0. The Hall–Kier alpha value is -5.37. The predicted octanol–water partition coefficient (Wildman–Crippen LogP) is 7.12. The zero-order chi connectivity index (χ0) is 51.2. The highest BCUT2D eigenvalue weighted by atomic mass is 35.5.